The quantitative estimate of drug-likeness (QED) is 0.470. The molecule has 1 aliphatic rings. The lowest BCUT2D eigenvalue weighted by atomic mass is 9.93. The van der Waals surface area contributed by atoms with Gasteiger partial charge in [0.05, 0.1) is 22.8 Å². The summed E-state index contributed by atoms with van der Waals surface area (Å²) in [5.41, 5.74) is 1.11. The molecule has 1 atom stereocenters. The number of nitrogens with zero attached hydrogens (tertiary/aromatic N) is 7. The van der Waals surface area contributed by atoms with Gasteiger partial charge in [-0.15, -0.1) is 16.4 Å². The molecule has 4 aromatic rings. The van der Waals surface area contributed by atoms with Crippen molar-refractivity contribution in [2.75, 3.05) is 31.1 Å². The van der Waals surface area contributed by atoms with Gasteiger partial charge in [-0.1, -0.05) is 43.3 Å². The van der Waals surface area contributed by atoms with Crippen molar-refractivity contribution in [3.63, 3.8) is 0 Å². The average Bonchev–Trinajstić information content (AvgIpc) is 3.50. The Kier molecular flexibility index (Phi) is 4.87. The zero-order valence-electron chi connectivity index (χ0n) is 17.6. The normalized spacial score (nSPS) is 17.1. The van der Waals surface area contributed by atoms with E-state index in [1.807, 2.05) is 22.0 Å². The first-order chi connectivity index (χ1) is 14.4. The molecular formula is C20H25N7OS2. The van der Waals surface area contributed by atoms with Gasteiger partial charge >= 0.3 is 0 Å². The van der Waals surface area contributed by atoms with Crippen LogP contribution in [0.15, 0.2) is 28.2 Å². The molecule has 0 radical (unpaired) electrons. The zero-order chi connectivity index (χ0) is 20.9. The predicted molar refractivity (Wildman–Crippen MR) is 119 cm³/mol. The molecule has 1 saturated heterocycles. The minimum absolute atomic E-state index is 0.0352. The summed E-state index contributed by atoms with van der Waals surface area (Å²) in [6.45, 7) is 12.3. The number of fused-ring (bicyclic) bond motifs is 1. The molecule has 0 saturated carbocycles. The van der Waals surface area contributed by atoms with Crippen molar-refractivity contribution in [1.82, 2.24) is 29.6 Å². The van der Waals surface area contributed by atoms with E-state index >= 15 is 0 Å². The Bertz CT molecular complexity index is 1100. The fourth-order valence-electron chi connectivity index (χ4n) is 3.55. The van der Waals surface area contributed by atoms with E-state index < -0.39 is 0 Å². The maximum Gasteiger partial charge on any atom is 0.244 e. The number of aromatic nitrogens is 5. The Morgan fingerprint density at radius 2 is 1.93 bits per heavy atom. The van der Waals surface area contributed by atoms with Gasteiger partial charge in [-0.05, 0) is 18.4 Å². The van der Waals surface area contributed by atoms with E-state index in [1.165, 1.54) is 0 Å². The predicted octanol–water partition coefficient (Wildman–Crippen LogP) is 4.08. The summed E-state index contributed by atoms with van der Waals surface area (Å²) in [6, 6.07) is 4.10. The Balaban J connectivity index is 1.24. The fraction of sp³-hybridized carbons (Fsp3) is 0.500. The number of imidazole rings is 1. The number of piperazine rings is 1. The zero-order valence-corrected chi connectivity index (χ0v) is 19.2. The van der Waals surface area contributed by atoms with Crippen LogP contribution in [0.1, 0.15) is 45.3 Å². The Morgan fingerprint density at radius 1 is 1.13 bits per heavy atom. The van der Waals surface area contributed by atoms with Crippen LogP contribution in [0.5, 0.6) is 0 Å². The van der Waals surface area contributed by atoms with Crippen molar-refractivity contribution in [3.05, 3.63) is 35.3 Å². The van der Waals surface area contributed by atoms with Crippen molar-refractivity contribution in [1.29, 1.82) is 0 Å². The third kappa shape index (κ3) is 3.63. The molecule has 158 valence electrons. The molecule has 1 aliphatic heterocycles. The summed E-state index contributed by atoms with van der Waals surface area (Å²) < 4.78 is 7.47. The van der Waals surface area contributed by atoms with Crippen molar-refractivity contribution < 1.29 is 4.52 Å². The Labute approximate surface area is 183 Å². The average molecular weight is 444 g/mol. The van der Waals surface area contributed by atoms with E-state index in [1.54, 1.807) is 22.7 Å². The molecule has 8 nitrogen and oxygen atoms in total. The number of rotatable bonds is 4. The number of hydrogen-bond donors (Lipinski definition) is 0. The second-order valence-electron chi connectivity index (χ2n) is 8.62. The van der Waals surface area contributed by atoms with Crippen LogP contribution in [0, 0.1) is 0 Å². The summed E-state index contributed by atoms with van der Waals surface area (Å²) in [7, 11) is 0. The topological polar surface area (TPSA) is 75.6 Å². The molecule has 5 heterocycles. The highest BCUT2D eigenvalue weighted by Crippen LogP contribution is 2.30. The Morgan fingerprint density at radius 3 is 2.60 bits per heavy atom. The van der Waals surface area contributed by atoms with E-state index in [0.29, 0.717) is 11.7 Å². The third-order valence-electron chi connectivity index (χ3n) is 5.47. The summed E-state index contributed by atoms with van der Waals surface area (Å²) in [4.78, 5) is 16.1. The van der Waals surface area contributed by atoms with Gasteiger partial charge in [-0.25, -0.2) is 9.50 Å². The van der Waals surface area contributed by atoms with Gasteiger partial charge < -0.3 is 9.42 Å². The highest BCUT2D eigenvalue weighted by Gasteiger charge is 2.28. The molecule has 0 aromatic carbocycles. The SMILES string of the molecule is CC(c1nc(-c2cccs2)no1)N1CCN(c2nn3cc(C(C)(C)C)nc3s2)CC1. The molecule has 1 unspecified atom stereocenters. The maximum absolute atomic E-state index is 5.55. The van der Waals surface area contributed by atoms with Gasteiger partial charge in [0.15, 0.2) is 0 Å². The van der Waals surface area contributed by atoms with Gasteiger partial charge in [0.2, 0.25) is 21.8 Å². The molecule has 4 aromatic heterocycles. The second kappa shape index (κ2) is 7.44. The van der Waals surface area contributed by atoms with Crippen LogP contribution in [0.4, 0.5) is 5.13 Å². The monoisotopic (exact) mass is 443 g/mol. The summed E-state index contributed by atoms with van der Waals surface area (Å²) >= 11 is 3.28. The molecule has 10 heteroatoms. The minimum Gasteiger partial charge on any atom is -0.344 e. The lowest BCUT2D eigenvalue weighted by Crippen LogP contribution is -2.47. The van der Waals surface area contributed by atoms with Gasteiger partial charge in [-0.3, -0.25) is 4.90 Å². The van der Waals surface area contributed by atoms with Crippen LogP contribution >= 0.6 is 22.7 Å². The molecule has 30 heavy (non-hydrogen) atoms. The molecule has 0 N–H and O–H groups in total. The van der Waals surface area contributed by atoms with Crippen LogP contribution in [-0.2, 0) is 5.41 Å². The third-order valence-corrected chi connectivity index (χ3v) is 7.32. The molecule has 0 amide bonds. The molecule has 5 rings (SSSR count). The molecule has 1 fully saturated rings. The number of anilines is 1. The summed E-state index contributed by atoms with van der Waals surface area (Å²) in [5, 5.41) is 12.0. The standard InChI is InChI=1S/C20H25N7OS2/c1-13(17-22-16(24-28-17)14-6-5-11-29-14)25-7-9-26(10-8-25)19-23-27-12-15(20(2,3)4)21-18(27)30-19/h5-6,11-13H,7-10H2,1-4H3. The highest BCUT2D eigenvalue weighted by molar-refractivity contribution is 7.20. The van der Waals surface area contributed by atoms with Gasteiger partial charge in [0.25, 0.3) is 0 Å². The van der Waals surface area contributed by atoms with E-state index in [2.05, 4.69) is 53.8 Å². The van der Waals surface area contributed by atoms with Crippen molar-refractivity contribution in [3.8, 4) is 10.7 Å². The maximum atomic E-state index is 5.55. The van der Waals surface area contributed by atoms with Crippen molar-refractivity contribution in [2.45, 2.75) is 39.2 Å². The molecule has 0 bridgehead atoms. The van der Waals surface area contributed by atoms with Crippen LogP contribution < -0.4 is 4.90 Å². The first-order valence-corrected chi connectivity index (χ1v) is 11.8. The molecular weight excluding hydrogens is 418 g/mol. The fourth-order valence-corrected chi connectivity index (χ4v) is 5.13. The largest absolute Gasteiger partial charge is 0.344 e. The van der Waals surface area contributed by atoms with Crippen LogP contribution in [0.25, 0.3) is 15.7 Å². The van der Waals surface area contributed by atoms with E-state index in [0.717, 1.165) is 46.8 Å². The van der Waals surface area contributed by atoms with E-state index in [-0.39, 0.29) is 11.5 Å². The van der Waals surface area contributed by atoms with Crippen molar-refractivity contribution in [2.24, 2.45) is 0 Å². The van der Waals surface area contributed by atoms with Gasteiger partial charge in [-0.2, -0.15) is 4.98 Å². The first kappa shape index (κ1) is 19.7. The minimum atomic E-state index is 0.0352. The van der Waals surface area contributed by atoms with Gasteiger partial charge in [0, 0.05) is 31.6 Å². The molecule has 0 aliphatic carbocycles. The summed E-state index contributed by atoms with van der Waals surface area (Å²) in [5.74, 6) is 1.35. The number of hydrogen-bond acceptors (Lipinski definition) is 9. The van der Waals surface area contributed by atoms with Crippen LogP contribution in [0.2, 0.25) is 0 Å². The Hall–Kier alpha value is -2.30. The lowest BCUT2D eigenvalue weighted by molar-refractivity contribution is 0.164. The lowest BCUT2D eigenvalue weighted by Gasteiger charge is -2.36. The van der Waals surface area contributed by atoms with E-state index in [9.17, 15) is 0 Å². The van der Waals surface area contributed by atoms with Gasteiger partial charge in [0.1, 0.15) is 0 Å². The molecule has 0 spiro atoms. The second-order valence-corrected chi connectivity index (χ2v) is 10.5. The van der Waals surface area contributed by atoms with Crippen LogP contribution in [0.3, 0.4) is 0 Å². The number of thiophene rings is 1. The van der Waals surface area contributed by atoms with Crippen LogP contribution in [-0.4, -0.2) is 55.8 Å². The van der Waals surface area contributed by atoms with E-state index in [4.69, 9.17) is 14.6 Å². The van der Waals surface area contributed by atoms with Crippen molar-refractivity contribution >= 4 is 32.8 Å². The smallest absolute Gasteiger partial charge is 0.244 e. The summed E-state index contributed by atoms with van der Waals surface area (Å²) in [6.07, 6.45) is 2.05. The highest BCUT2D eigenvalue weighted by atomic mass is 32.1. The first-order valence-electron chi connectivity index (χ1n) is 10.1.